The molecule has 2 amide bonds. The van der Waals surface area contributed by atoms with Gasteiger partial charge in [0, 0.05) is 23.2 Å². The quantitative estimate of drug-likeness (QED) is 0.786. The van der Waals surface area contributed by atoms with E-state index in [-0.39, 0.29) is 12.1 Å². The first kappa shape index (κ1) is 15.8. The van der Waals surface area contributed by atoms with Crippen LogP contribution in [0.3, 0.4) is 0 Å². The zero-order valence-electron chi connectivity index (χ0n) is 13.0. The normalized spacial score (nSPS) is 19.4. The van der Waals surface area contributed by atoms with Gasteiger partial charge in [-0.3, -0.25) is 0 Å². The number of nitrogens with zero attached hydrogens (tertiary/aromatic N) is 1. The van der Waals surface area contributed by atoms with Crippen molar-refractivity contribution in [3.63, 3.8) is 0 Å². The van der Waals surface area contributed by atoms with Crippen LogP contribution in [-0.4, -0.2) is 30.7 Å². The van der Waals surface area contributed by atoms with Crippen LogP contribution in [0, 0.1) is 0 Å². The maximum absolute atomic E-state index is 12.8. The van der Waals surface area contributed by atoms with Gasteiger partial charge in [0.25, 0.3) is 0 Å². The van der Waals surface area contributed by atoms with Gasteiger partial charge in [-0.25, -0.2) is 4.79 Å². The van der Waals surface area contributed by atoms with Crippen molar-refractivity contribution in [1.29, 1.82) is 0 Å². The molecule has 24 heavy (non-hydrogen) atoms. The summed E-state index contributed by atoms with van der Waals surface area (Å²) < 4.78 is 11.9. The molecule has 1 aromatic carbocycles. The van der Waals surface area contributed by atoms with Crippen LogP contribution in [0.1, 0.15) is 24.4 Å². The predicted octanol–water partition coefficient (Wildman–Crippen LogP) is 4.65. The summed E-state index contributed by atoms with van der Waals surface area (Å²) in [5.74, 6) is 1.36. The molecule has 1 saturated heterocycles. The molecule has 7 heteroatoms. The number of amides is 2. The molecule has 1 N–H and O–H groups in total. The first-order valence-corrected chi connectivity index (χ1v) is 9.65. The van der Waals surface area contributed by atoms with Gasteiger partial charge >= 0.3 is 6.03 Å². The molecule has 0 aliphatic carbocycles. The average Bonchev–Trinajstić information content (AvgIpc) is 3.26. The van der Waals surface area contributed by atoms with Crippen LogP contribution in [0.5, 0.6) is 11.5 Å². The van der Waals surface area contributed by atoms with E-state index in [2.05, 4.69) is 38.1 Å². The van der Waals surface area contributed by atoms with Crippen molar-refractivity contribution < 1.29 is 14.3 Å². The van der Waals surface area contributed by atoms with Crippen molar-refractivity contribution >= 4 is 39.0 Å². The standard InChI is InChI=1S/C17H17BrN2O3S/c18-12-8-15-16(23-6-5-22-15)9-13(12)19-17(21)20-4-1-2-14(20)11-3-7-24-10-11/h3,7-10,14H,1-2,4-6H2,(H,19,21). The number of carbonyl (C=O) groups excluding carboxylic acids is 1. The van der Waals surface area contributed by atoms with E-state index in [9.17, 15) is 4.79 Å². The second kappa shape index (κ2) is 6.64. The number of halogens is 1. The van der Waals surface area contributed by atoms with E-state index in [0.29, 0.717) is 30.4 Å². The zero-order chi connectivity index (χ0) is 16.5. The Labute approximate surface area is 152 Å². The van der Waals surface area contributed by atoms with E-state index in [4.69, 9.17) is 9.47 Å². The number of carbonyl (C=O) groups is 1. The minimum Gasteiger partial charge on any atom is -0.486 e. The molecular formula is C17H17BrN2O3S. The molecule has 2 aliphatic rings. The number of anilines is 1. The van der Waals surface area contributed by atoms with Crippen LogP contribution in [-0.2, 0) is 0 Å². The minimum atomic E-state index is -0.0823. The summed E-state index contributed by atoms with van der Waals surface area (Å²) in [6.07, 6.45) is 2.03. The summed E-state index contributed by atoms with van der Waals surface area (Å²) in [5.41, 5.74) is 1.91. The minimum absolute atomic E-state index is 0.0823. The summed E-state index contributed by atoms with van der Waals surface area (Å²) in [5, 5.41) is 7.18. The molecule has 1 atom stereocenters. The lowest BCUT2D eigenvalue weighted by molar-refractivity contribution is 0.171. The largest absolute Gasteiger partial charge is 0.486 e. The lowest BCUT2D eigenvalue weighted by Gasteiger charge is -2.25. The maximum atomic E-state index is 12.8. The van der Waals surface area contributed by atoms with Crippen molar-refractivity contribution in [2.75, 3.05) is 25.1 Å². The van der Waals surface area contributed by atoms with E-state index in [0.717, 1.165) is 23.9 Å². The summed E-state index contributed by atoms with van der Waals surface area (Å²) in [6, 6.07) is 5.82. The maximum Gasteiger partial charge on any atom is 0.322 e. The molecule has 0 bridgehead atoms. The van der Waals surface area contributed by atoms with Gasteiger partial charge in [0.15, 0.2) is 11.5 Å². The Balaban J connectivity index is 1.53. The second-order valence-corrected chi connectivity index (χ2v) is 7.45. The number of nitrogens with one attached hydrogen (secondary N) is 1. The Bertz CT molecular complexity index is 751. The fourth-order valence-corrected chi connectivity index (χ4v) is 4.30. The van der Waals surface area contributed by atoms with Crippen molar-refractivity contribution in [3.05, 3.63) is 39.0 Å². The molecule has 1 fully saturated rings. The molecular weight excluding hydrogens is 392 g/mol. The number of urea groups is 1. The van der Waals surface area contributed by atoms with Crippen LogP contribution in [0.4, 0.5) is 10.5 Å². The van der Waals surface area contributed by atoms with E-state index < -0.39 is 0 Å². The third kappa shape index (κ3) is 2.98. The number of ether oxygens (including phenoxy) is 2. The number of thiophene rings is 1. The van der Waals surface area contributed by atoms with Crippen LogP contribution >= 0.6 is 27.3 Å². The third-order valence-electron chi connectivity index (χ3n) is 4.32. The van der Waals surface area contributed by atoms with Crippen LogP contribution in [0.2, 0.25) is 0 Å². The Morgan fingerprint density at radius 1 is 1.29 bits per heavy atom. The van der Waals surface area contributed by atoms with Crippen molar-refractivity contribution in [2.45, 2.75) is 18.9 Å². The molecule has 126 valence electrons. The summed E-state index contributed by atoms with van der Waals surface area (Å²) in [7, 11) is 0. The monoisotopic (exact) mass is 408 g/mol. The zero-order valence-corrected chi connectivity index (χ0v) is 15.4. The number of benzene rings is 1. The SMILES string of the molecule is O=C(Nc1cc2c(cc1Br)OCCO2)N1CCCC1c1ccsc1. The Morgan fingerprint density at radius 2 is 2.08 bits per heavy atom. The molecule has 0 radical (unpaired) electrons. The highest BCUT2D eigenvalue weighted by Gasteiger charge is 2.30. The van der Waals surface area contributed by atoms with Gasteiger partial charge in [0.2, 0.25) is 0 Å². The lowest BCUT2D eigenvalue weighted by Crippen LogP contribution is -2.34. The summed E-state index contributed by atoms with van der Waals surface area (Å²) in [6.45, 7) is 1.84. The van der Waals surface area contributed by atoms with Gasteiger partial charge in [-0.1, -0.05) is 0 Å². The van der Waals surface area contributed by atoms with Gasteiger partial charge in [-0.15, -0.1) is 0 Å². The fourth-order valence-electron chi connectivity index (χ4n) is 3.17. The van der Waals surface area contributed by atoms with Gasteiger partial charge in [-0.05, 0) is 51.2 Å². The van der Waals surface area contributed by atoms with Crippen LogP contribution in [0.15, 0.2) is 33.4 Å². The molecule has 3 heterocycles. The van der Waals surface area contributed by atoms with Gasteiger partial charge < -0.3 is 19.7 Å². The number of fused-ring (bicyclic) bond motifs is 1. The highest BCUT2D eigenvalue weighted by atomic mass is 79.9. The number of likely N-dealkylation sites (tertiary alicyclic amines) is 1. The van der Waals surface area contributed by atoms with Gasteiger partial charge in [0.05, 0.1) is 11.7 Å². The summed E-state index contributed by atoms with van der Waals surface area (Å²) >= 11 is 5.16. The van der Waals surface area contributed by atoms with E-state index >= 15 is 0 Å². The Kier molecular flexibility index (Phi) is 4.37. The van der Waals surface area contributed by atoms with Crippen LogP contribution in [0.25, 0.3) is 0 Å². The van der Waals surface area contributed by atoms with E-state index in [1.54, 1.807) is 11.3 Å². The summed E-state index contributed by atoms with van der Waals surface area (Å²) in [4.78, 5) is 14.7. The molecule has 0 saturated carbocycles. The molecule has 5 nitrogen and oxygen atoms in total. The fraction of sp³-hybridized carbons (Fsp3) is 0.353. The first-order chi connectivity index (χ1) is 11.7. The van der Waals surface area contributed by atoms with Gasteiger partial charge in [0.1, 0.15) is 13.2 Å². The van der Waals surface area contributed by atoms with Crippen LogP contribution < -0.4 is 14.8 Å². The van der Waals surface area contributed by atoms with E-state index in [1.165, 1.54) is 5.56 Å². The topological polar surface area (TPSA) is 50.8 Å². The third-order valence-corrected chi connectivity index (χ3v) is 5.67. The smallest absolute Gasteiger partial charge is 0.322 e. The number of rotatable bonds is 2. The first-order valence-electron chi connectivity index (χ1n) is 7.91. The molecule has 1 unspecified atom stereocenters. The molecule has 2 aromatic rings. The van der Waals surface area contributed by atoms with Gasteiger partial charge in [-0.2, -0.15) is 11.3 Å². The Morgan fingerprint density at radius 3 is 2.83 bits per heavy atom. The lowest BCUT2D eigenvalue weighted by atomic mass is 10.1. The Hall–Kier alpha value is -1.73. The molecule has 4 rings (SSSR count). The van der Waals surface area contributed by atoms with E-state index in [1.807, 2.05) is 17.0 Å². The average molecular weight is 409 g/mol. The molecule has 0 spiro atoms. The number of hydrogen-bond donors (Lipinski definition) is 1. The van der Waals surface area contributed by atoms with Crippen molar-refractivity contribution in [3.8, 4) is 11.5 Å². The van der Waals surface area contributed by atoms with Crippen molar-refractivity contribution in [1.82, 2.24) is 4.90 Å². The highest BCUT2D eigenvalue weighted by molar-refractivity contribution is 9.10. The predicted molar refractivity (Wildman–Crippen MR) is 97.2 cm³/mol. The van der Waals surface area contributed by atoms with Crippen molar-refractivity contribution in [2.24, 2.45) is 0 Å². The highest BCUT2D eigenvalue weighted by Crippen LogP contribution is 2.39. The number of hydrogen-bond acceptors (Lipinski definition) is 4. The second-order valence-electron chi connectivity index (χ2n) is 5.81. The molecule has 2 aliphatic heterocycles. The molecule has 1 aromatic heterocycles.